The van der Waals surface area contributed by atoms with Crippen molar-refractivity contribution in [3.8, 4) is 0 Å². The zero-order valence-electron chi connectivity index (χ0n) is 21.0. The fourth-order valence-corrected chi connectivity index (χ4v) is 3.75. The molecule has 0 saturated carbocycles. The van der Waals surface area contributed by atoms with Crippen molar-refractivity contribution in [2.75, 3.05) is 31.6 Å². The van der Waals surface area contributed by atoms with Crippen LogP contribution < -0.4 is 16.0 Å². The van der Waals surface area contributed by atoms with Crippen LogP contribution in [0, 0.1) is 17.0 Å². The molecule has 1 saturated heterocycles. The smallest absolute Gasteiger partial charge is 0.211 e. The molecule has 10 heteroatoms. The van der Waals surface area contributed by atoms with Crippen LogP contribution in [0.1, 0.15) is 57.1 Å². The van der Waals surface area contributed by atoms with Gasteiger partial charge in [0.15, 0.2) is 0 Å². The van der Waals surface area contributed by atoms with Crippen LogP contribution in [0.5, 0.6) is 0 Å². The Morgan fingerprint density at radius 1 is 1.00 bits per heavy atom. The van der Waals surface area contributed by atoms with Gasteiger partial charge in [-0.25, -0.2) is 8.78 Å². The van der Waals surface area contributed by atoms with Gasteiger partial charge >= 0.3 is 0 Å². The van der Waals surface area contributed by atoms with Gasteiger partial charge in [0.05, 0.1) is 10.0 Å². The quantitative estimate of drug-likeness (QED) is 0.261. The molecule has 2 aromatic rings. The number of anilines is 1. The second kappa shape index (κ2) is 15.8. The van der Waals surface area contributed by atoms with Crippen molar-refractivity contribution in [2.45, 2.75) is 46.0 Å². The number of hydrogen-bond donors (Lipinski definition) is 4. The summed E-state index contributed by atoms with van der Waals surface area (Å²) >= 11 is 11.7. The first-order valence-corrected chi connectivity index (χ1v) is 12.3. The topological polar surface area (TPSA) is 90.5 Å². The molecule has 4 N–H and O–H groups in total. The summed E-state index contributed by atoms with van der Waals surface area (Å²) in [5, 5.41) is 16.4. The molecule has 3 rings (SSSR count). The number of carbonyl (C=O) groups excluding carboxylic acids is 2. The molecule has 1 aliphatic heterocycles. The van der Waals surface area contributed by atoms with Crippen molar-refractivity contribution in [1.29, 1.82) is 0 Å². The number of aliphatic hydroxyl groups is 1. The van der Waals surface area contributed by atoms with Crippen molar-refractivity contribution in [1.82, 2.24) is 10.6 Å². The summed E-state index contributed by atoms with van der Waals surface area (Å²) in [5.41, 5.74) is 2.45. The molecule has 1 heterocycles. The number of hydrogen-bond acceptors (Lipinski definition) is 4. The maximum Gasteiger partial charge on any atom is 0.211 e. The summed E-state index contributed by atoms with van der Waals surface area (Å²) in [4.78, 5) is 20.3. The molecule has 1 aliphatic rings. The van der Waals surface area contributed by atoms with E-state index in [9.17, 15) is 18.4 Å². The molecular formula is C26H35Cl2F2N3O3. The van der Waals surface area contributed by atoms with Gasteiger partial charge in [0, 0.05) is 43.8 Å². The van der Waals surface area contributed by atoms with Gasteiger partial charge in [0.2, 0.25) is 12.8 Å². The highest BCUT2D eigenvalue weighted by Crippen LogP contribution is 2.41. The van der Waals surface area contributed by atoms with Gasteiger partial charge in [-0.1, -0.05) is 57.0 Å². The first-order chi connectivity index (χ1) is 16.9. The van der Waals surface area contributed by atoms with Gasteiger partial charge in [-0.2, -0.15) is 0 Å². The Hall–Kier alpha value is -2.26. The predicted octanol–water partition coefficient (Wildman–Crippen LogP) is 5.48. The van der Waals surface area contributed by atoms with E-state index >= 15 is 0 Å². The van der Waals surface area contributed by atoms with Gasteiger partial charge in [-0.15, -0.1) is 0 Å². The van der Waals surface area contributed by atoms with Crippen LogP contribution in [0.3, 0.4) is 0 Å². The summed E-state index contributed by atoms with van der Waals surface area (Å²) in [7, 11) is 0. The molecule has 2 amide bonds. The SMILES string of the molecule is CC(C)(C)C.O=CNCCCO.O=CNc1cc(Cl)c(F)cc1[C@@H]1CNC[C@@H]1c1ccc(F)c(Cl)c1. The molecular weight excluding hydrogens is 511 g/mol. The fourth-order valence-electron chi connectivity index (χ4n) is 3.40. The highest BCUT2D eigenvalue weighted by atomic mass is 35.5. The first-order valence-electron chi connectivity index (χ1n) is 11.6. The van der Waals surface area contributed by atoms with Gasteiger partial charge in [0.1, 0.15) is 11.6 Å². The van der Waals surface area contributed by atoms with Crippen LogP contribution in [0.2, 0.25) is 10.0 Å². The van der Waals surface area contributed by atoms with E-state index in [-0.39, 0.29) is 28.5 Å². The Morgan fingerprint density at radius 3 is 2.17 bits per heavy atom. The minimum atomic E-state index is -0.550. The second-order valence-corrected chi connectivity index (χ2v) is 10.6. The standard InChI is InChI=1S/C17H14Cl2F2N2O.C5H12.C4H9NO2/c18-13-3-9(1-2-15(13)20)11-6-22-7-12(11)10-4-16(21)14(19)5-17(10)23-8-24;1-5(2,3)4;6-3-1-2-5-4-7/h1-5,8,11-12,22H,6-7H2,(H,23,24);1-4H3;4,6H,1-3H2,(H,5,7)/t11-,12+;;/m1../s1. The molecule has 0 unspecified atom stereocenters. The van der Waals surface area contributed by atoms with Gasteiger partial charge in [-0.05, 0) is 47.2 Å². The Kier molecular flexibility index (Phi) is 13.9. The lowest BCUT2D eigenvalue weighted by Gasteiger charge is -2.22. The van der Waals surface area contributed by atoms with E-state index in [0.717, 1.165) is 5.56 Å². The Balaban J connectivity index is 0.000000450. The van der Waals surface area contributed by atoms with E-state index < -0.39 is 11.6 Å². The third kappa shape index (κ3) is 11.2. The van der Waals surface area contributed by atoms with Crippen molar-refractivity contribution in [2.24, 2.45) is 5.41 Å². The molecule has 6 nitrogen and oxygen atoms in total. The van der Waals surface area contributed by atoms with Crippen molar-refractivity contribution in [3.05, 3.63) is 63.1 Å². The van der Waals surface area contributed by atoms with Crippen molar-refractivity contribution in [3.63, 3.8) is 0 Å². The lowest BCUT2D eigenvalue weighted by molar-refractivity contribution is -0.109. The Bertz CT molecular complexity index is 982. The number of aliphatic hydroxyl groups excluding tert-OH is 1. The maximum absolute atomic E-state index is 14.0. The van der Waals surface area contributed by atoms with Gasteiger partial charge < -0.3 is 21.1 Å². The van der Waals surface area contributed by atoms with Crippen LogP contribution in [0.15, 0.2) is 30.3 Å². The van der Waals surface area contributed by atoms with Crippen LogP contribution in [-0.4, -0.2) is 44.2 Å². The third-order valence-electron chi connectivity index (χ3n) is 4.85. The number of halogens is 4. The predicted molar refractivity (Wildman–Crippen MR) is 142 cm³/mol. The Labute approximate surface area is 221 Å². The first kappa shape index (κ1) is 31.8. The fraction of sp³-hybridized carbons (Fsp3) is 0.462. The number of carbonyl (C=O) groups is 2. The molecule has 0 aromatic heterocycles. The minimum Gasteiger partial charge on any atom is -0.396 e. The molecule has 0 spiro atoms. The molecule has 0 radical (unpaired) electrons. The van der Waals surface area contributed by atoms with Crippen LogP contribution in [0.4, 0.5) is 14.5 Å². The summed E-state index contributed by atoms with van der Waals surface area (Å²) in [6.45, 7) is 10.7. The summed E-state index contributed by atoms with van der Waals surface area (Å²) in [6, 6.07) is 7.31. The summed E-state index contributed by atoms with van der Waals surface area (Å²) in [5.74, 6) is -1.17. The number of amides is 2. The zero-order chi connectivity index (χ0) is 27.3. The lowest BCUT2D eigenvalue weighted by Crippen LogP contribution is -2.12. The van der Waals surface area contributed by atoms with Crippen molar-refractivity contribution >= 4 is 41.7 Å². The molecule has 2 aromatic carbocycles. The number of nitrogens with one attached hydrogen (secondary N) is 3. The molecule has 0 bridgehead atoms. The van der Waals surface area contributed by atoms with E-state index in [0.29, 0.717) is 55.5 Å². The van der Waals surface area contributed by atoms with E-state index in [4.69, 9.17) is 28.3 Å². The monoisotopic (exact) mass is 545 g/mol. The summed E-state index contributed by atoms with van der Waals surface area (Å²) < 4.78 is 27.4. The van der Waals surface area contributed by atoms with Crippen LogP contribution >= 0.6 is 23.2 Å². The Morgan fingerprint density at radius 2 is 1.61 bits per heavy atom. The van der Waals surface area contributed by atoms with Crippen molar-refractivity contribution < 1.29 is 23.5 Å². The highest BCUT2D eigenvalue weighted by molar-refractivity contribution is 6.31. The molecule has 1 fully saturated rings. The van der Waals surface area contributed by atoms with Gasteiger partial charge in [-0.3, -0.25) is 9.59 Å². The van der Waals surface area contributed by atoms with E-state index in [2.05, 4.69) is 43.6 Å². The van der Waals surface area contributed by atoms with E-state index in [1.807, 2.05) is 0 Å². The molecule has 200 valence electrons. The lowest BCUT2D eigenvalue weighted by atomic mass is 9.83. The minimum absolute atomic E-state index is 0.0316. The zero-order valence-corrected chi connectivity index (χ0v) is 22.5. The average Bonchev–Trinajstić information content (AvgIpc) is 3.27. The van der Waals surface area contributed by atoms with Crippen LogP contribution in [-0.2, 0) is 9.59 Å². The average molecular weight is 546 g/mol. The maximum atomic E-state index is 14.0. The number of rotatable bonds is 8. The van der Waals surface area contributed by atoms with Gasteiger partial charge in [0.25, 0.3) is 0 Å². The second-order valence-electron chi connectivity index (χ2n) is 9.81. The highest BCUT2D eigenvalue weighted by Gasteiger charge is 2.32. The summed E-state index contributed by atoms with van der Waals surface area (Å²) in [6.07, 6.45) is 1.79. The molecule has 36 heavy (non-hydrogen) atoms. The van der Waals surface area contributed by atoms with E-state index in [1.54, 1.807) is 12.1 Å². The largest absolute Gasteiger partial charge is 0.396 e. The molecule has 2 atom stereocenters. The number of benzene rings is 2. The third-order valence-corrected chi connectivity index (χ3v) is 5.43. The van der Waals surface area contributed by atoms with Crippen LogP contribution in [0.25, 0.3) is 0 Å². The normalized spacial score (nSPS) is 16.7. The van der Waals surface area contributed by atoms with E-state index in [1.165, 1.54) is 18.2 Å². The molecule has 0 aliphatic carbocycles.